The molecule has 21 heavy (non-hydrogen) atoms. The zero-order valence-electron chi connectivity index (χ0n) is 11.3. The van der Waals surface area contributed by atoms with Crippen LogP contribution in [-0.2, 0) is 12.6 Å². The molecule has 2 atom stereocenters. The molecule has 0 saturated carbocycles. The van der Waals surface area contributed by atoms with Crippen LogP contribution < -0.4 is 4.90 Å². The third-order valence-corrected chi connectivity index (χ3v) is 4.00. The quantitative estimate of drug-likeness (QED) is 0.798. The molecular formula is C13H14F3N3O2. The molecule has 3 heterocycles. The van der Waals surface area contributed by atoms with Crippen molar-refractivity contribution < 1.29 is 23.1 Å². The lowest BCUT2D eigenvalue weighted by molar-refractivity contribution is -0.141. The van der Waals surface area contributed by atoms with E-state index in [1.807, 2.05) is 4.90 Å². The molecule has 5 nitrogen and oxygen atoms in total. The molecule has 0 aromatic carbocycles. The van der Waals surface area contributed by atoms with Crippen LogP contribution in [0.15, 0.2) is 12.1 Å². The number of nitrogens with zero attached hydrogens (tertiary/aromatic N) is 3. The number of pyridine rings is 1. The minimum Gasteiger partial charge on any atom is -0.465 e. The van der Waals surface area contributed by atoms with Crippen LogP contribution >= 0.6 is 0 Å². The molecule has 1 fully saturated rings. The molecule has 0 unspecified atom stereocenters. The molecule has 114 valence electrons. The van der Waals surface area contributed by atoms with Crippen LogP contribution in [0.25, 0.3) is 0 Å². The molecule has 0 bridgehead atoms. The van der Waals surface area contributed by atoms with E-state index in [9.17, 15) is 18.0 Å². The van der Waals surface area contributed by atoms with Crippen molar-refractivity contribution in [2.24, 2.45) is 0 Å². The number of halogens is 3. The second-order valence-electron chi connectivity index (χ2n) is 5.48. The van der Waals surface area contributed by atoms with Gasteiger partial charge < -0.3 is 14.9 Å². The van der Waals surface area contributed by atoms with Crippen molar-refractivity contribution >= 4 is 11.9 Å². The van der Waals surface area contributed by atoms with Crippen molar-refractivity contribution in [1.82, 2.24) is 9.88 Å². The van der Waals surface area contributed by atoms with E-state index in [2.05, 4.69) is 4.98 Å². The summed E-state index contributed by atoms with van der Waals surface area (Å²) in [5.74, 6) is 0.340. The highest BCUT2D eigenvalue weighted by atomic mass is 19.4. The van der Waals surface area contributed by atoms with E-state index in [0.717, 1.165) is 11.6 Å². The number of piperazine rings is 1. The standard InChI is InChI=1S/C13H14F3N3O2/c1-7-5-18(12(20)21)6-9-4-8-2-3-10(13(14,15)16)17-11(8)19(7)9/h2-3,7,9H,4-6H2,1H3,(H,20,21)/t7-,9-/m1/s1. The van der Waals surface area contributed by atoms with Crippen molar-refractivity contribution in [1.29, 1.82) is 0 Å². The SMILES string of the molecule is C[C@@H]1CN(C(=O)O)C[C@H]2Cc3ccc(C(F)(F)F)nc3N21. The van der Waals surface area contributed by atoms with E-state index < -0.39 is 18.0 Å². The highest BCUT2D eigenvalue weighted by Gasteiger charge is 2.42. The minimum absolute atomic E-state index is 0.143. The molecule has 1 saturated heterocycles. The predicted octanol–water partition coefficient (Wildman–Crippen LogP) is 2.21. The molecule has 1 N–H and O–H groups in total. The second-order valence-corrected chi connectivity index (χ2v) is 5.48. The fourth-order valence-corrected chi connectivity index (χ4v) is 3.16. The monoisotopic (exact) mass is 301 g/mol. The Labute approximate surface area is 119 Å². The highest BCUT2D eigenvalue weighted by molar-refractivity contribution is 5.67. The predicted molar refractivity (Wildman–Crippen MR) is 68.3 cm³/mol. The summed E-state index contributed by atoms with van der Waals surface area (Å²) < 4.78 is 38.3. The lowest BCUT2D eigenvalue weighted by Crippen LogP contribution is -2.58. The van der Waals surface area contributed by atoms with Crippen LogP contribution in [-0.4, -0.2) is 46.3 Å². The molecule has 1 amide bonds. The number of aromatic nitrogens is 1. The first-order valence-electron chi connectivity index (χ1n) is 6.60. The molecule has 1 aromatic heterocycles. The first-order chi connectivity index (χ1) is 9.77. The number of hydrogen-bond donors (Lipinski definition) is 1. The van der Waals surface area contributed by atoms with Gasteiger partial charge in [-0.1, -0.05) is 6.07 Å². The number of carbonyl (C=O) groups is 1. The number of alkyl halides is 3. The van der Waals surface area contributed by atoms with Gasteiger partial charge in [0.1, 0.15) is 11.5 Å². The first kappa shape index (κ1) is 14.0. The molecule has 1 aromatic rings. The minimum atomic E-state index is -4.47. The number of anilines is 1. The van der Waals surface area contributed by atoms with Gasteiger partial charge >= 0.3 is 12.3 Å². The zero-order valence-corrected chi connectivity index (χ0v) is 11.3. The topological polar surface area (TPSA) is 56.7 Å². The molecule has 2 aliphatic rings. The van der Waals surface area contributed by atoms with Gasteiger partial charge in [0.2, 0.25) is 0 Å². The van der Waals surface area contributed by atoms with E-state index in [1.54, 1.807) is 6.92 Å². The first-order valence-corrected chi connectivity index (χ1v) is 6.60. The lowest BCUT2D eigenvalue weighted by atomic mass is 10.1. The van der Waals surface area contributed by atoms with Gasteiger partial charge in [-0.15, -0.1) is 0 Å². The smallest absolute Gasteiger partial charge is 0.433 e. The van der Waals surface area contributed by atoms with Crippen molar-refractivity contribution in [3.05, 3.63) is 23.4 Å². The van der Waals surface area contributed by atoms with Gasteiger partial charge in [0.25, 0.3) is 0 Å². The summed E-state index contributed by atoms with van der Waals surface area (Å²) >= 11 is 0. The maximum atomic E-state index is 12.8. The van der Waals surface area contributed by atoms with Crippen LogP contribution in [0, 0.1) is 0 Å². The largest absolute Gasteiger partial charge is 0.465 e. The number of fused-ring (bicyclic) bond motifs is 3. The Kier molecular flexibility index (Phi) is 3.00. The second kappa shape index (κ2) is 4.51. The van der Waals surface area contributed by atoms with E-state index in [4.69, 9.17) is 5.11 Å². The fraction of sp³-hybridized carbons (Fsp3) is 0.538. The normalized spacial score (nSPS) is 24.8. The van der Waals surface area contributed by atoms with Gasteiger partial charge in [0.05, 0.1) is 6.04 Å². The van der Waals surface area contributed by atoms with Crippen molar-refractivity contribution in [3.8, 4) is 0 Å². The summed E-state index contributed by atoms with van der Waals surface area (Å²) in [5, 5.41) is 9.09. The summed E-state index contributed by atoms with van der Waals surface area (Å²) in [4.78, 5) is 18.0. The Hall–Kier alpha value is -1.99. The molecular weight excluding hydrogens is 287 g/mol. The highest BCUT2D eigenvalue weighted by Crippen LogP contribution is 2.38. The zero-order chi connectivity index (χ0) is 15.4. The van der Waals surface area contributed by atoms with Crippen LogP contribution in [0.5, 0.6) is 0 Å². The lowest BCUT2D eigenvalue weighted by Gasteiger charge is -2.42. The fourth-order valence-electron chi connectivity index (χ4n) is 3.16. The maximum Gasteiger partial charge on any atom is 0.433 e. The van der Waals surface area contributed by atoms with E-state index in [1.165, 1.54) is 11.0 Å². The van der Waals surface area contributed by atoms with Gasteiger partial charge in [-0.25, -0.2) is 9.78 Å². The van der Waals surface area contributed by atoms with Crippen molar-refractivity contribution in [3.63, 3.8) is 0 Å². The Morgan fingerprint density at radius 3 is 2.71 bits per heavy atom. The molecule has 0 spiro atoms. The summed E-state index contributed by atoms with van der Waals surface area (Å²) in [6.07, 6.45) is -4.95. The number of hydrogen-bond acceptors (Lipinski definition) is 3. The Morgan fingerprint density at radius 2 is 2.10 bits per heavy atom. The Balaban J connectivity index is 1.94. The molecule has 0 aliphatic carbocycles. The molecule has 3 rings (SSSR count). The number of amides is 1. The van der Waals surface area contributed by atoms with Crippen molar-refractivity contribution in [2.45, 2.75) is 31.6 Å². The van der Waals surface area contributed by atoms with Gasteiger partial charge in [-0.2, -0.15) is 13.2 Å². The average molecular weight is 301 g/mol. The van der Waals surface area contributed by atoms with E-state index in [0.29, 0.717) is 12.2 Å². The summed E-state index contributed by atoms with van der Waals surface area (Å²) in [5.41, 5.74) is -0.165. The van der Waals surface area contributed by atoms with Gasteiger partial charge in [-0.05, 0) is 25.0 Å². The maximum absolute atomic E-state index is 12.8. The van der Waals surface area contributed by atoms with Crippen LogP contribution in [0.4, 0.5) is 23.8 Å². The summed E-state index contributed by atoms with van der Waals surface area (Å²) in [7, 11) is 0. The average Bonchev–Trinajstić information content (AvgIpc) is 2.75. The summed E-state index contributed by atoms with van der Waals surface area (Å²) in [6, 6.07) is 2.09. The molecule has 8 heteroatoms. The number of rotatable bonds is 0. The van der Waals surface area contributed by atoms with Gasteiger partial charge in [-0.3, -0.25) is 0 Å². The molecule has 0 radical (unpaired) electrons. The summed E-state index contributed by atoms with van der Waals surface area (Å²) in [6.45, 7) is 2.36. The van der Waals surface area contributed by atoms with Crippen LogP contribution in [0.2, 0.25) is 0 Å². The van der Waals surface area contributed by atoms with Crippen molar-refractivity contribution in [2.75, 3.05) is 18.0 Å². The van der Waals surface area contributed by atoms with Crippen LogP contribution in [0.1, 0.15) is 18.2 Å². The van der Waals surface area contributed by atoms with E-state index in [-0.39, 0.29) is 25.2 Å². The Bertz CT molecular complexity index is 591. The van der Waals surface area contributed by atoms with E-state index >= 15 is 0 Å². The third kappa shape index (κ3) is 2.28. The molecule has 2 aliphatic heterocycles. The van der Waals surface area contributed by atoms with Gasteiger partial charge in [0, 0.05) is 19.1 Å². The third-order valence-electron chi connectivity index (χ3n) is 4.00. The van der Waals surface area contributed by atoms with Gasteiger partial charge in [0.15, 0.2) is 0 Å². The Morgan fingerprint density at radius 1 is 1.38 bits per heavy atom. The van der Waals surface area contributed by atoms with Crippen LogP contribution in [0.3, 0.4) is 0 Å². The number of carboxylic acid groups (broad SMARTS) is 1.